The van der Waals surface area contributed by atoms with Crippen molar-refractivity contribution in [3.63, 3.8) is 0 Å². The summed E-state index contributed by atoms with van der Waals surface area (Å²) in [6.45, 7) is 1.74. The van der Waals surface area contributed by atoms with Crippen molar-refractivity contribution in [1.82, 2.24) is 9.88 Å². The van der Waals surface area contributed by atoms with Crippen LogP contribution in [-0.4, -0.2) is 24.7 Å². The second-order valence-electron chi connectivity index (χ2n) is 6.14. The number of carbonyl (C=O) groups is 1. The first-order valence-electron chi connectivity index (χ1n) is 8.32. The van der Waals surface area contributed by atoms with Crippen LogP contribution >= 0.6 is 0 Å². The second kappa shape index (κ2) is 6.61. The van der Waals surface area contributed by atoms with Gasteiger partial charge in [-0.15, -0.1) is 0 Å². The van der Waals surface area contributed by atoms with Crippen molar-refractivity contribution in [1.29, 1.82) is 0 Å². The average Bonchev–Trinajstić information content (AvgIpc) is 2.98. The smallest absolute Gasteiger partial charge is 0.207 e. The van der Waals surface area contributed by atoms with Gasteiger partial charge < -0.3 is 19.4 Å². The minimum atomic E-state index is -0.169. The van der Waals surface area contributed by atoms with Crippen molar-refractivity contribution >= 4 is 17.3 Å². The maximum absolute atomic E-state index is 11.1. The summed E-state index contributed by atoms with van der Waals surface area (Å²) in [7, 11) is 1.68. The van der Waals surface area contributed by atoms with E-state index in [-0.39, 0.29) is 6.04 Å². The number of hydrogen-bond donors (Lipinski definition) is 1. The Morgan fingerprint density at radius 3 is 2.84 bits per heavy atom. The molecule has 2 heterocycles. The fraction of sp³-hybridized carbons (Fsp3) is 0.250. The molecule has 0 spiro atoms. The first kappa shape index (κ1) is 15.7. The maximum atomic E-state index is 11.1. The molecule has 0 saturated carbocycles. The Kier molecular flexibility index (Phi) is 4.15. The molecule has 1 aliphatic heterocycles. The number of benzene rings is 2. The van der Waals surface area contributed by atoms with Gasteiger partial charge in [0.15, 0.2) is 0 Å². The summed E-state index contributed by atoms with van der Waals surface area (Å²) in [4.78, 5) is 11.1. The zero-order chi connectivity index (χ0) is 17.2. The Morgan fingerprint density at radius 1 is 1.24 bits per heavy atom. The van der Waals surface area contributed by atoms with Crippen molar-refractivity contribution in [2.75, 3.05) is 13.7 Å². The van der Waals surface area contributed by atoms with Gasteiger partial charge in [0.2, 0.25) is 6.41 Å². The molecular weight excluding hydrogens is 316 g/mol. The lowest BCUT2D eigenvalue weighted by Gasteiger charge is -2.24. The van der Waals surface area contributed by atoms with E-state index in [2.05, 4.69) is 28.1 Å². The summed E-state index contributed by atoms with van der Waals surface area (Å²) in [5.41, 5.74) is 4.50. The monoisotopic (exact) mass is 336 g/mol. The van der Waals surface area contributed by atoms with E-state index in [0.717, 1.165) is 40.9 Å². The Balaban J connectivity index is 1.95. The molecule has 2 aromatic carbocycles. The minimum absolute atomic E-state index is 0.169. The highest BCUT2D eigenvalue weighted by atomic mass is 16.5. The molecule has 25 heavy (non-hydrogen) atoms. The van der Waals surface area contributed by atoms with Crippen LogP contribution in [0.4, 0.5) is 0 Å². The topological polar surface area (TPSA) is 52.5 Å². The number of fused-ring (bicyclic) bond motifs is 3. The van der Waals surface area contributed by atoms with Gasteiger partial charge in [-0.1, -0.05) is 36.4 Å². The summed E-state index contributed by atoms with van der Waals surface area (Å²) in [6, 6.07) is 16.2. The average molecular weight is 336 g/mol. The van der Waals surface area contributed by atoms with Crippen LogP contribution < -0.4 is 10.1 Å². The first-order chi connectivity index (χ1) is 12.3. The van der Waals surface area contributed by atoms with Crippen LogP contribution in [0, 0.1) is 0 Å². The van der Waals surface area contributed by atoms with Gasteiger partial charge in [-0.3, -0.25) is 4.79 Å². The molecule has 1 aliphatic rings. The lowest BCUT2D eigenvalue weighted by atomic mass is 10.0. The van der Waals surface area contributed by atoms with Gasteiger partial charge in [0, 0.05) is 17.5 Å². The van der Waals surface area contributed by atoms with Gasteiger partial charge in [0.05, 0.1) is 37.6 Å². The number of carbonyl (C=O) groups excluding carboxylic acids is 1. The molecule has 1 aromatic heterocycles. The summed E-state index contributed by atoms with van der Waals surface area (Å²) >= 11 is 0. The first-order valence-corrected chi connectivity index (χ1v) is 8.32. The molecule has 3 aromatic rings. The Morgan fingerprint density at radius 2 is 2.08 bits per heavy atom. The number of amides is 1. The fourth-order valence-corrected chi connectivity index (χ4v) is 3.67. The van der Waals surface area contributed by atoms with Crippen LogP contribution in [0.3, 0.4) is 0 Å². The van der Waals surface area contributed by atoms with Crippen LogP contribution in [0.2, 0.25) is 0 Å². The molecule has 5 heteroatoms. The fourth-order valence-electron chi connectivity index (χ4n) is 3.67. The lowest BCUT2D eigenvalue weighted by molar-refractivity contribution is -0.110. The van der Waals surface area contributed by atoms with Crippen LogP contribution in [-0.2, 0) is 22.7 Å². The van der Waals surface area contributed by atoms with Crippen molar-refractivity contribution in [3.05, 3.63) is 65.4 Å². The van der Waals surface area contributed by atoms with Gasteiger partial charge in [-0.05, 0) is 17.7 Å². The van der Waals surface area contributed by atoms with Crippen LogP contribution in [0.15, 0.2) is 48.5 Å². The quantitative estimate of drug-likeness (QED) is 0.729. The molecule has 0 saturated heterocycles. The maximum Gasteiger partial charge on any atom is 0.207 e. The predicted molar refractivity (Wildman–Crippen MR) is 95.6 cm³/mol. The molecule has 0 fully saturated rings. The molecule has 1 unspecified atom stereocenters. The van der Waals surface area contributed by atoms with Crippen molar-refractivity contribution in [2.24, 2.45) is 0 Å². The number of nitrogens with one attached hydrogen (secondary N) is 1. The third kappa shape index (κ3) is 2.66. The molecular formula is C20H20N2O3. The second-order valence-corrected chi connectivity index (χ2v) is 6.14. The molecule has 1 N–H and O–H groups in total. The number of aromatic nitrogens is 1. The van der Waals surface area contributed by atoms with E-state index < -0.39 is 0 Å². The predicted octanol–water partition coefficient (Wildman–Crippen LogP) is 3.02. The third-order valence-electron chi connectivity index (χ3n) is 4.75. The van der Waals surface area contributed by atoms with E-state index >= 15 is 0 Å². The molecule has 4 rings (SSSR count). The van der Waals surface area contributed by atoms with Gasteiger partial charge in [0.1, 0.15) is 5.75 Å². The standard InChI is InChI=1S/C20H20N2O3/c1-24-18-9-5-8-16-20(18)19-15(21-13-23)11-25-12-17(19)22(16)10-14-6-3-2-4-7-14/h2-9,13,15H,10-12H2,1H3,(H,21,23). The highest BCUT2D eigenvalue weighted by molar-refractivity contribution is 5.92. The summed E-state index contributed by atoms with van der Waals surface area (Å²) in [5.74, 6) is 0.820. The van der Waals surface area contributed by atoms with E-state index in [0.29, 0.717) is 13.2 Å². The van der Waals surface area contributed by atoms with Crippen molar-refractivity contribution in [3.8, 4) is 5.75 Å². The molecule has 1 amide bonds. The summed E-state index contributed by atoms with van der Waals surface area (Å²) in [5, 5.41) is 3.94. The zero-order valence-corrected chi connectivity index (χ0v) is 14.1. The lowest BCUT2D eigenvalue weighted by Crippen LogP contribution is -2.29. The number of methoxy groups -OCH3 is 1. The normalized spacial score (nSPS) is 16.4. The van der Waals surface area contributed by atoms with Crippen LogP contribution in [0.25, 0.3) is 10.9 Å². The van der Waals surface area contributed by atoms with E-state index in [1.807, 2.05) is 30.3 Å². The molecule has 0 radical (unpaired) electrons. The van der Waals surface area contributed by atoms with Gasteiger partial charge in [-0.25, -0.2) is 0 Å². The Hall–Kier alpha value is -2.79. The van der Waals surface area contributed by atoms with Gasteiger partial charge in [-0.2, -0.15) is 0 Å². The van der Waals surface area contributed by atoms with E-state index in [1.54, 1.807) is 7.11 Å². The zero-order valence-electron chi connectivity index (χ0n) is 14.1. The molecule has 0 aliphatic carbocycles. The largest absolute Gasteiger partial charge is 0.496 e. The van der Waals surface area contributed by atoms with Crippen molar-refractivity contribution < 1.29 is 14.3 Å². The van der Waals surface area contributed by atoms with Crippen LogP contribution in [0.1, 0.15) is 22.9 Å². The van der Waals surface area contributed by atoms with E-state index in [9.17, 15) is 4.79 Å². The highest BCUT2D eigenvalue weighted by Gasteiger charge is 2.29. The highest BCUT2D eigenvalue weighted by Crippen LogP contribution is 2.40. The number of rotatable bonds is 5. The third-order valence-corrected chi connectivity index (χ3v) is 4.75. The SMILES string of the molecule is COc1cccc2c1c1c(n2Cc2ccccc2)COCC1NC=O. The minimum Gasteiger partial charge on any atom is -0.496 e. The van der Waals surface area contributed by atoms with Gasteiger partial charge >= 0.3 is 0 Å². The Bertz CT molecular complexity index is 902. The molecule has 0 bridgehead atoms. The summed E-state index contributed by atoms with van der Waals surface area (Å²) < 4.78 is 13.6. The number of nitrogens with zero attached hydrogens (tertiary/aromatic N) is 1. The van der Waals surface area contributed by atoms with E-state index in [4.69, 9.17) is 9.47 Å². The number of hydrogen-bond acceptors (Lipinski definition) is 3. The van der Waals surface area contributed by atoms with Gasteiger partial charge in [0.25, 0.3) is 0 Å². The van der Waals surface area contributed by atoms with Crippen LogP contribution in [0.5, 0.6) is 5.75 Å². The molecule has 128 valence electrons. The molecule has 5 nitrogen and oxygen atoms in total. The van der Waals surface area contributed by atoms with Crippen molar-refractivity contribution in [2.45, 2.75) is 19.2 Å². The Labute approximate surface area is 146 Å². The summed E-state index contributed by atoms with van der Waals surface area (Å²) in [6.07, 6.45) is 0.735. The van der Waals surface area contributed by atoms with E-state index in [1.165, 1.54) is 5.56 Å². The molecule has 1 atom stereocenters. The number of ether oxygens (including phenoxy) is 2.